The van der Waals surface area contributed by atoms with Gasteiger partial charge in [0.25, 0.3) is 0 Å². The Morgan fingerprint density at radius 3 is 2.44 bits per heavy atom. The second-order valence-electron chi connectivity index (χ2n) is 11.8. The van der Waals surface area contributed by atoms with Crippen molar-refractivity contribution in [3.05, 3.63) is 95.0 Å². The molecule has 12 heteroatoms. The monoisotopic (exact) mass is 665 g/mol. The molecule has 3 aromatic carbocycles. The number of piperidine rings is 1. The molecule has 0 bridgehead atoms. The van der Waals surface area contributed by atoms with E-state index in [-0.39, 0.29) is 61.4 Å². The van der Waals surface area contributed by atoms with Crippen molar-refractivity contribution < 1.29 is 42.0 Å². The molecule has 5 rings (SSSR count). The highest BCUT2D eigenvalue weighted by atomic mass is 19.4. The first kappa shape index (κ1) is 34.6. The maximum absolute atomic E-state index is 14.9. The van der Waals surface area contributed by atoms with Crippen LogP contribution < -0.4 is 14.2 Å². The Balaban J connectivity index is 1.35. The molecule has 0 saturated carbocycles. The molecule has 1 aromatic heterocycles. The number of fused-ring (bicyclic) bond motifs is 1. The molecule has 4 aromatic rings. The molecule has 1 N–H and O–H groups in total. The molecule has 2 heterocycles. The first-order valence-electron chi connectivity index (χ1n) is 15.6. The summed E-state index contributed by atoms with van der Waals surface area (Å²) in [5.41, 5.74) is -1.27. The van der Waals surface area contributed by atoms with Crippen LogP contribution in [0, 0.1) is 6.57 Å². The number of hydrogen-bond acceptors (Lipinski definition) is 7. The zero-order valence-corrected chi connectivity index (χ0v) is 27.0. The Bertz CT molecular complexity index is 1790. The van der Waals surface area contributed by atoms with E-state index in [2.05, 4.69) is 4.85 Å². The highest BCUT2D eigenvalue weighted by Gasteiger charge is 2.57. The van der Waals surface area contributed by atoms with Crippen LogP contribution in [0.4, 0.5) is 18.9 Å². The number of carbonyl (C=O) groups excluding carboxylic acids is 1. The largest absolute Gasteiger partial charge is 0.497 e. The van der Waals surface area contributed by atoms with Gasteiger partial charge in [-0.25, -0.2) is 4.85 Å². The van der Waals surface area contributed by atoms with Crippen LogP contribution in [-0.4, -0.2) is 73.3 Å². The van der Waals surface area contributed by atoms with Gasteiger partial charge in [0.2, 0.25) is 5.60 Å². The second-order valence-corrected chi connectivity index (χ2v) is 11.8. The number of likely N-dealkylation sites (tertiary alicyclic amines) is 1. The lowest BCUT2D eigenvalue weighted by atomic mass is 9.91. The lowest BCUT2D eigenvalue weighted by Gasteiger charge is -2.39. The third-order valence-corrected chi connectivity index (χ3v) is 8.56. The molecule has 0 aliphatic carbocycles. The normalized spacial score (nSPS) is 15.5. The summed E-state index contributed by atoms with van der Waals surface area (Å²) in [5, 5.41) is 11.8. The smallest absolute Gasteiger partial charge is 0.422 e. The van der Waals surface area contributed by atoms with Crippen LogP contribution >= 0.6 is 0 Å². The molecule has 48 heavy (non-hydrogen) atoms. The van der Waals surface area contributed by atoms with Gasteiger partial charge in [0, 0.05) is 48.8 Å². The van der Waals surface area contributed by atoms with Gasteiger partial charge in [0.1, 0.15) is 11.9 Å². The van der Waals surface area contributed by atoms with Crippen LogP contribution in [0.5, 0.6) is 17.2 Å². The van der Waals surface area contributed by atoms with E-state index in [9.17, 15) is 23.1 Å². The first-order valence-corrected chi connectivity index (χ1v) is 15.6. The summed E-state index contributed by atoms with van der Waals surface area (Å²) in [6.45, 7) is 9.53. The Morgan fingerprint density at radius 1 is 1.00 bits per heavy atom. The highest BCUT2D eigenvalue weighted by molar-refractivity contribution is 5.88. The molecule has 1 aliphatic rings. The number of rotatable bonds is 12. The van der Waals surface area contributed by atoms with Crippen molar-refractivity contribution in [2.45, 2.75) is 50.6 Å². The molecule has 0 radical (unpaired) electrons. The molecule has 254 valence electrons. The zero-order chi connectivity index (χ0) is 34.5. The molecule has 1 unspecified atom stereocenters. The van der Waals surface area contributed by atoms with Gasteiger partial charge in [0.05, 0.1) is 33.8 Å². The van der Waals surface area contributed by atoms with Crippen LogP contribution in [0.25, 0.3) is 15.7 Å². The van der Waals surface area contributed by atoms with E-state index in [1.54, 1.807) is 58.9 Å². The number of halogens is 3. The van der Waals surface area contributed by atoms with E-state index in [4.69, 9.17) is 25.5 Å². The number of nitrogens with zero attached hydrogens (tertiary/aromatic N) is 3. The molecular formula is C36H38F3N3O6. The third-order valence-electron chi connectivity index (χ3n) is 8.56. The fourth-order valence-corrected chi connectivity index (χ4v) is 6.09. The van der Waals surface area contributed by atoms with Crippen molar-refractivity contribution in [1.82, 2.24) is 9.47 Å². The third kappa shape index (κ3) is 7.53. The average molecular weight is 666 g/mol. The quantitative estimate of drug-likeness (QED) is 0.134. The van der Waals surface area contributed by atoms with Crippen LogP contribution in [0.3, 0.4) is 0 Å². The van der Waals surface area contributed by atoms with Crippen molar-refractivity contribution in [2.75, 3.05) is 40.5 Å². The van der Waals surface area contributed by atoms with Crippen LogP contribution in [0.15, 0.2) is 66.9 Å². The van der Waals surface area contributed by atoms with Crippen molar-refractivity contribution in [3.8, 4) is 17.2 Å². The predicted molar refractivity (Wildman–Crippen MR) is 174 cm³/mol. The summed E-state index contributed by atoms with van der Waals surface area (Å²) in [5.74, 6) is 1.17. The number of β-amino-alcohol motifs (C(OH)–C–C–N with tert-alkyl or cyclic N) is 1. The lowest BCUT2D eigenvalue weighted by Crippen LogP contribution is -2.53. The summed E-state index contributed by atoms with van der Waals surface area (Å²) in [6, 6.07) is 16.8. The first-order chi connectivity index (χ1) is 23.0. The number of aromatic nitrogens is 1. The number of carbonyl (C=O) groups is 1. The fraction of sp³-hybridized carbons (Fsp3) is 0.389. The predicted octanol–water partition coefficient (Wildman–Crippen LogP) is 6.66. The fourth-order valence-electron chi connectivity index (χ4n) is 6.09. The summed E-state index contributed by atoms with van der Waals surface area (Å²) < 4.78 is 68.4. The second kappa shape index (κ2) is 14.6. The molecule has 1 saturated heterocycles. The number of methoxy groups -OCH3 is 2. The molecular weight excluding hydrogens is 627 g/mol. The average Bonchev–Trinajstić information content (AvgIpc) is 3.43. The van der Waals surface area contributed by atoms with Crippen molar-refractivity contribution >= 4 is 22.6 Å². The van der Waals surface area contributed by atoms with E-state index < -0.39 is 18.3 Å². The number of ether oxygens (including phenoxy) is 4. The van der Waals surface area contributed by atoms with E-state index in [1.165, 1.54) is 32.5 Å². The van der Waals surface area contributed by atoms with Gasteiger partial charge in [-0.1, -0.05) is 30.3 Å². The van der Waals surface area contributed by atoms with Crippen molar-refractivity contribution in [1.29, 1.82) is 0 Å². The van der Waals surface area contributed by atoms with Gasteiger partial charge < -0.3 is 28.6 Å². The minimum Gasteiger partial charge on any atom is -0.497 e. The van der Waals surface area contributed by atoms with E-state index in [0.29, 0.717) is 41.2 Å². The number of benzene rings is 3. The number of aliphatic hydroxyl groups is 1. The van der Waals surface area contributed by atoms with Crippen LogP contribution in [0.2, 0.25) is 0 Å². The summed E-state index contributed by atoms with van der Waals surface area (Å²) >= 11 is 0. The Morgan fingerprint density at radius 2 is 1.77 bits per heavy atom. The minimum atomic E-state index is -4.99. The minimum absolute atomic E-state index is 0.0887. The van der Waals surface area contributed by atoms with Crippen molar-refractivity contribution in [3.63, 3.8) is 0 Å². The highest BCUT2D eigenvalue weighted by Crippen LogP contribution is 2.44. The summed E-state index contributed by atoms with van der Waals surface area (Å²) in [4.78, 5) is 16.9. The Hall–Kier alpha value is -4.73. The molecule has 9 nitrogen and oxygen atoms in total. The van der Waals surface area contributed by atoms with Gasteiger partial charge in [-0.15, -0.1) is 0 Å². The molecule has 1 aliphatic heterocycles. The van der Waals surface area contributed by atoms with Gasteiger partial charge in [-0.05, 0) is 61.2 Å². The number of hydrogen-bond donors (Lipinski definition) is 1. The molecule has 1 fully saturated rings. The number of alkyl halides is 3. The van der Waals surface area contributed by atoms with Crippen LogP contribution in [-0.2, 0) is 28.1 Å². The Labute approximate surface area is 277 Å². The van der Waals surface area contributed by atoms with Gasteiger partial charge in [-0.2, -0.15) is 13.2 Å². The van der Waals surface area contributed by atoms with Crippen LogP contribution in [0.1, 0.15) is 36.5 Å². The van der Waals surface area contributed by atoms with Gasteiger partial charge in [-0.3, -0.25) is 9.69 Å². The SMILES string of the molecule is [C-]#[N+]c1ccc2c(C(O)(CN3CCC(Oc4ccc(CC(=O)OCC)cc4OC)CC3)C(F)(F)F)cn(Cc3cccc(OC)c3)c2c1. The zero-order valence-electron chi connectivity index (χ0n) is 27.0. The summed E-state index contributed by atoms with van der Waals surface area (Å²) in [7, 11) is 3.03. The van der Waals surface area contributed by atoms with E-state index >= 15 is 0 Å². The summed E-state index contributed by atoms with van der Waals surface area (Å²) in [6.07, 6.45) is -3.00. The van der Waals surface area contributed by atoms with Gasteiger partial charge in [0.15, 0.2) is 17.2 Å². The topological polar surface area (TPSA) is 86.8 Å². The standard InChI is InChI=1S/C36H38F3N3O6/c1-5-47-34(43)19-24-9-12-32(33(18-24)46-4)48-27-13-15-41(16-14-27)23-35(44,36(37,38)39)30-22-42(21-25-7-6-8-28(17-25)45-3)31-20-26(40-2)10-11-29(30)31/h6-12,17-18,20,22,27,44H,5,13-16,19,21,23H2,1,3-4H3. The maximum atomic E-state index is 14.9. The van der Waals surface area contributed by atoms with E-state index in [1.807, 2.05) is 6.07 Å². The number of esters is 1. The molecule has 1 atom stereocenters. The lowest BCUT2D eigenvalue weighted by molar-refractivity contribution is -0.272. The molecule has 0 spiro atoms. The van der Waals surface area contributed by atoms with Gasteiger partial charge >= 0.3 is 12.1 Å². The maximum Gasteiger partial charge on any atom is 0.422 e. The van der Waals surface area contributed by atoms with Crippen molar-refractivity contribution in [2.24, 2.45) is 0 Å². The Kier molecular flexibility index (Phi) is 10.5. The van der Waals surface area contributed by atoms with E-state index in [0.717, 1.165) is 5.56 Å². The molecule has 0 amide bonds.